The zero-order chi connectivity index (χ0) is 16.2. The highest BCUT2D eigenvalue weighted by Gasteiger charge is 2.13. The van der Waals surface area contributed by atoms with Crippen molar-refractivity contribution in [3.8, 4) is 22.8 Å². The molecule has 3 heterocycles. The highest BCUT2D eigenvalue weighted by atomic mass is 15.2. The highest BCUT2D eigenvalue weighted by Crippen LogP contribution is 2.22. The van der Waals surface area contributed by atoms with Crippen molar-refractivity contribution < 1.29 is 0 Å². The first-order chi connectivity index (χ1) is 11.9. The number of benzene rings is 1. The van der Waals surface area contributed by atoms with E-state index in [0.29, 0.717) is 0 Å². The summed E-state index contributed by atoms with van der Waals surface area (Å²) >= 11 is 0. The molecule has 0 atom stereocenters. The highest BCUT2D eigenvalue weighted by molar-refractivity contribution is 5.63. The number of imidazole rings is 1. The molecule has 1 aliphatic heterocycles. The van der Waals surface area contributed by atoms with E-state index in [0.717, 1.165) is 61.2 Å². The molecule has 0 radical (unpaired) electrons. The standard InChI is InChI=1S/C19H21N5/c1-2-6-15(7-3-1)17-14-21-19(23-17)16-8-4-9-18(22-16)24-12-5-10-20-11-13-24/h1-4,6-9,14,20H,5,10-13H2,(H,21,23). The number of hydrogen-bond acceptors (Lipinski definition) is 4. The molecule has 2 aromatic heterocycles. The van der Waals surface area contributed by atoms with Crippen LogP contribution in [0.1, 0.15) is 6.42 Å². The van der Waals surface area contributed by atoms with Crippen LogP contribution in [0.4, 0.5) is 5.82 Å². The van der Waals surface area contributed by atoms with Crippen LogP contribution in [0.5, 0.6) is 0 Å². The molecule has 1 saturated heterocycles. The van der Waals surface area contributed by atoms with Gasteiger partial charge in [0.2, 0.25) is 0 Å². The van der Waals surface area contributed by atoms with Crippen molar-refractivity contribution >= 4 is 5.82 Å². The molecule has 0 spiro atoms. The van der Waals surface area contributed by atoms with Crippen LogP contribution in [0, 0.1) is 0 Å². The lowest BCUT2D eigenvalue weighted by atomic mass is 10.2. The van der Waals surface area contributed by atoms with Crippen molar-refractivity contribution in [1.82, 2.24) is 20.3 Å². The molecule has 0 saturated carbocycles. The molecule has 5 heteroatoms. The molecule has 4 rings (SSSR count). The van der Waals surface area contributed by atoms with Gasteiger partial charge in [0.1, 0.15) is 11.5 Å². The van der Waals surface area contributed by atoms with Gasteiger partial charge < -0.3 is 15.2 Å². The number of rotatable bonds is 3. The Morgan fingerprint density at radius 2 is 1.83 bits per heavy atom. The minimum Gasteiger partial charge on any atom is -0.355 e. The van der Waals surface area contributed by atoms with E-state index in [1.807, 2.05) is 30.5 Å². The predicted octanol–water partition coefficient (Wildman–Crippen LogP) is 2.94. The average molecular weight is 319 g/mol. The summed E-state index contributed by atoms with van der Waals surface area (Å²) < 4.78 is 0. The minimum absolute atomic E-state index is 0.809. The van der Waals surface area contributed by atoms with Crippen molar-refractivity contribution in [2.75, 3.05) is 31.1 Å². The van der Waals surface area contributed by atoms with Gasteiger partial charge in [0.25, 0.3) is 0 Å². The third-order valence-corrected chi connectivity index (χ3v) is 4.30. The van der Waals surface area contributed by atoms with Crippen LogP contribution in [-0.4, -0.2) is 41.1 Å². The number of H-pyrrole nitrogens is 1. The molecule has 1 fully saturated rings. The Morgan fingerprint density at radius 3 is 2.75 bits per heavy atom. The van der Waals surface area contributed by atoms with E-state index in [2.05, 4.69) is 44.5 Å². The number of anilines is 1. The average Bonchev–Trinajstić information content (AvgIpc) is 2.98. The van der Waals surface area contributed by atoms with Gasteiger partial charge in [-0.05, 0) is 30.7 Å². The van der Waals surface area contributed by atoms with Gasteiger partial charge in [-0.15, -0.1) is 0 Å². The fourth-order valence-electron chi connectivity index (χ4n) is 3.02. The van der Waals surface area contributed by atoms with Gasteiger partial charge in [0.05, 0.1) is 11.9 Å². The van der Waals surface area contributed by atoms with Crippen LogP contribution >= 0.6 is 0 Å². The number of pyridine rings is 1. The second-order valence-electron chi connectivity index (χ2n) is 5.98. The maximum atomic E-state index is 4.82. The third kappa shape index (κ3) is 3.16. The molecule has 1 aromatic carbocycles. The summed E-state index contributed by atoms with van der Waals surface area (Å²) in [5.74, 6) is 1.83. The number of nitrogens with one attached hydrogen (secondary N) is 2. The van der Waals surface area contributed by atoms with Crippen LogP contribution in [0.3, 0.4) is 0 Å². The largest absolute Gasteiger partial charge is 0.355 e. The molecule has 2 N–H and O–H groups in total. The van der Waals surface area contributed by atoms with E-state index in [1.54, 1.807) is 0 Å². The molecule has 1 aliphatic rings. The number of aromatic amines is 1. The molecule has 5 nitrogen and oxygen atoms in total. The molecule has 122 valence electrons. The first-order valence-electron chi connectivity index (χ1n) is 8.44. The molecule has 0 bridgehead atoms. The summed E-state index contributed by atoms with van der Waals surface area (Å²) in [5, 5.41) is 3.43. The molecule has 0 amide bonds. The third-order valence-electron chi connectivity index (χ3n) is 4.30. The second kappa shape index (κ2) is 6.84. The Balaban J connectivity index is 1.60. The lowest BCUT2D eigenvalue weighted by Crippen LogP contribution is -2.28. The predicted molar refractivity (Wildman–Crippen MR) is 97.0 cm³/mol. The van der Waals surface area contributed by atoms with E-state index < -0.39 is 0 Å². The van der Waals surface area contributed by atoms with Gasteiger partial charge in [0, 0.05) is 19.6 Å². The first kappa shape index (κ1) is 14.9. The van der Waals surface area contributed by atoms with E-state index in [4.69, 9.17) is 4.98 Å². The smallest absolute Gasteiger partial charge is 0.156 e. The van der Waals surface area contributed by atoms with Crippen molar-refractivity contribution in [2.24, 2.45) is 0 Å². The van der Waals surface area contributed by atoms with Gasteiger partial charge in [-0.2, -0.15) is 0 Å². The Morgan fingerprint density at radius 1 is 0.917 bits per heavy atom. The van der Waals surface area contributed by atoms with E-state index >= 15 is 0 Å². The van der Waals surface area contributed by atoms with Gasteiger partial charge in [-0.3, -0.25) is 0 Å². The SMILES string of the molecule is c1ccc(-c2cnc(-c3cccc(N4CCCNCC4)n3)[nH]2)cc1. The fourth-order valence-corrected chi connectivity index (χ4v) is 3.02. The van der Waals surface area contributed by atoms with Crippen molar-refractivity contribution in [3.63, 3.8) is 0 Å². The molecular formula is C19H21N5. The van der Waals surface area contributed by atoms with E-state index in [-0.39, 0.29) is 0 Å². The Labute approximate surface area is 141 Å². The Hall–Kier alpha value is -2.66. The van der Waals surface area contributed by atoms with E-state index in [9.17, 15) is 0 Å². The zero-order valence-electron chi connectivity index (χ0n) is 13.6. The van der Waals surface area contributed by atoms with Gasteiger partial charge in [-0.25, -0.2) is 9.97 Å². The molecule has 24 heavy (non-hydrogen) atoms. The van der Waals surface area contributed by atoms with Crippen LogP contribution in [-0.2, 0) is 0 Å². The topological polar surface area (TPSA) is 56.8 Å². The number of aromatic nitrogens is 3. The number of hydrogen-bond donors (Lipinski definition) is 2. The summed E-state index contributed by atoms with van der Waals surface area (Å²) in [7, 11) is 0. The van der Waals surface area contributed by atoms with Crippen LogP contribution in [0.15, 0.2) is 54.7 Å². The molecule has 0 aliphatic carbocycles. The monoisotopic (exact) mass is 319 g/mol. The quantitative estimate of drug-likeness (QED) is 0.779. The minimum atomic E-state index is 0.809. The van der Waals surface area contributed by atoms with Gasteiger partial charge in [0.15, 0.2) is 5.82 Å². The molecule has 0 unspecified atom stereocenters. The lowest BCUT2D eigenvalue weighted by molar-refractivity contribution is 0.724. The Bertz CT molecular complexity index is 788. The summed E-state index contributed by atoms with van der Waals surface area (Å²) in [6.07, 6.45) is 3.01. The Kier molecular flexibility index (Phi) is 4.25. The normalized spacial score (nSPS) is 15.2. The fraction of sp³-hybridized carbons (Fsp3) is 0.263. The summed E-state index contributed by atoms with van der Waals surface area (Å²) in [6, 6.07) is 16.4. The van der Waals surface area contributed by atoms with Crippen molar-refractivity contribution in [2.45, 2.75) is 6.42 Å². The summed E-state index contributed by atoms with van der Waals surface area (Å²) in [5.41, 5.74) is 3.02. The van der Waals surface area contributed by atoms with Gasteiger partial charge >= 0.3 is 0 Å². The van der Waals surface area contributed by atoms with Crippen LogP contribution in [0.25, 0.3) is 22.8 Å². The maximum absolute atomic E-state index is 4.82. The lowest BCUT2D eigenvalue weighted by Gasteiger charge is -2.21. The van der Waals surface area contributed by atoms with Crippen molar-refractivity contribution in [3.05, 3.63) is 54.7 Å². The zero-order valence-corrected chi connectivity index (χ0v) is 13.6. The summed E-state index contributed by atoms with van der Waals surface area (Å²) in [6.45, 7) is 4.11. The second-order valence-corrected chi connectivity index (χ2v) is 5.98. The maximum Gasteiger partial charge on any atom is 0.156 e. The van der Waals surface area contributed by atoms with Crippen LogP contribution < -0.4 is 10.2 Å². The van der Waals surface area contributed by atoms with E-state index in [1.165, 1.54) is 0 Å². The molecular weight excluding hydrogens is 298 g/mol. The van der Waals surface area contributed by atoms with Crippen LogP contribution in [0.2, 0.25) is 0 Å². The first-order valence-corrected chi connectivity index (χ1v) is 8.44. The number of nitrogens with zero attached hydrogens (tertiary/aromatic N) is 3. The van der Waals surface area contributed by atoms with Gasteiger partial charge in [-0.1, -0.05) is 36.4 Å². The van der Waals surface area contributed by atoms with Crippen molar-refractivity contribution in [1.29, 1.82) is 0 Å². The molecule has 3 aromatic rings. The summed E-state index contributed by atoms with van der Waals surface area (Å²) in [4.78, 5) is 15.1.